The van der Waals surface area contributed by atoms with E-state index in [9.17, 15) is 0 Å². The van der Waals surface area contributed by atoms with Gasteiger partial charge in [0, 0.05) is 17.4 Å². The Bertz CT molecular complexity index is 441. The normalized spacial score (nSPS) is 10.3. The van der Waals surface area contributed by atoms with Crippen LogP contribution in [0.5, 0.6) is 5.88 Å². The minimum absolute atomic E-state index is 0.124. The number of halogens is 1. The Morgan fingerprint density at radius 1 is 1.44 bits per heavy atom. The quantitative estimate of drug-likeness (QED) is 0.853. The minimum Gasteiger partial charge on any atom is -0.477 e. The molecule has 0 fully saturated rings. The van der Waals surface area contributed by atoms with Crippen molar-refractivity contribution in [3.63, 3.8) is 0 Å². The SMILES string of the molecule is Nc1nc(Cl)cc(OCCc2cccs2)n1. The molecule has 2 N–H and O–H groups in total. The summed E-state index contributed by atoms with van der Waals surface area (Å²) in [5, 5.41) is 2.33. The third kappa shape index (κ3) is 3.08. The summed E-state index contributed by atoms with van der Waals surface area (Å²) in [5.74, 6) is 0.535. The second-order valence-electron chi connectivity index (χ2n) is 3.06. The van der Waals surface area contributed by atoms with Crippen molar-refractivity contribution in [1.29, 1.82) is 0 Å². The molecule has 0 bridgehead atoms. The van der Waals surface area contributed by atoms with Crippen molar-refractivity contribution >= 4 is 28.9 Å². The average molecular weight is 256 g/mol. The second kappa shape index (κ2) is 5.14. The van der Waals surface area contributed by atoms with Gasteiger partial charge in [0.05, 0.1) is 6.61 Å². The van der Waals surface area contributed by atoms with E-state index in [2.05, 4.69) is 16.0 Å². The van der Waals surface area contributed by atoms with Crippen LogP contribution in [0.3, 0.4) is 0 Å². The molecule has 4 nitrogen and oxygen atoms in total. The zero-order chi connectivity index (χ0) is 11.4. The molecule has 2 aromatic heterocycles. The summed E-state index contributed by atoms with van der Waals surface area (Å²) in [5.41, 5.74) is 5.44. The number of nitrogen functional groups attached to an aromatic ring is 1. The molecule has 0 atom stereocenters. The van der Waals surface area contributed by atoms with E-state index in [1.807, 2.05) is 11.4 Å². The van der Waals surface area contributed by atoms with Crippen molar-refractivity contribution in [1.82, 2.24) is 9.97 Å². The zero-order valence-corrected chi connectivity index (χ0v) is 9.96. The molecule has 0 aliphatic rings. The molecule has 0 amide bonds. The highest BCUT2D eigenvalue weighted by Gasteiger charge is 2.01. The molecule has 16 heavy (non-hydrogen) atoms. The maximum Gasteiger partial charge on any atom is 0.224 e. The smallest absolute Gasteiger partial charge is 0.224 e. The van der Waals surface area contributed by atoms with Crippen molar-refractivity contribution in [2.75, 3.05) is 12.3 Å². The molecule has 0 spiro atoms. The lowest BCUT2D eigenvalue weighted by atomic mass is 10.4. The van der Waals surface area contributed by atoms with Gasteiger partial charge in [0.25, 0.3) is 0 Å². The molecule has 0 radical (unpaired) electrons. The molecule has 2 rings (SSSR count). The molecule has 84 valence electrons. The molecule has 0 aliphatic carbocycles. The fourth-order valence-electron chi connectivity index (χ4n) is 1.20. The van der Waals surface area contributed by atoms with Gasteiger partial charge in [-0.25, -0.2) is 4.98 Å². The molecule has 2 heterocycles. The maximum atomic E-state index is 5.72. The van der Waals surface area contributed by atoms with Crippen molar-refractivity contribution in [2.45, 2.75) is 6.42 Å². The number of anilines is 1. The lowest BCUT2D eigenvalue weighted by Gasteiger charge is -2.04. The number of nitrogens with two attached hydrogens (primary N) is 1. The van der Waals surface area contributed by atoms with Crippen LogP contribution in [0.2, 0.25) is 5.15 Å². The first kappa shape index (κ1) is 11.2. The summed E-state index contributed by atoms with van der Waals surface area (Å²) >= 11 is 7.42. The first-order valence-electron chi connectivity index (χ1n) is 4.69. The van der Waals surface area contributed by atoms with Crippen molar-refractivity contribution in [3.05, 3.63) is 33.6 Å². The fourth-order valence-corrected chi connectivity index (χ4v) is 2.07. The van der Waals surface area contributed by atoms with E-state index in [1.165, 1.54) is 4.88 Å². The van der Waals surface area contributed by atoms with Crippen LogP contribution in [-0.4, -0.2) is 16.6 Å². The number of ether oxygens (including phenoxy) is 1. The van der Waals surface area contributed by atoms with E-state index in [1.54, 1.807) is 17.4 Å². The first-order chi connectivity index (χ1) is 7.74. The number of thiophene rings is 1. The topological polar surface area (TPSA) is 61.0 Å². The van der Waals surface area contributed by atoms with Gasteiger partial charge in [0.1, 0.15) is 5.15 Å². The number of hydrogen-bond donors (Lipinski definition) is 1. The van der Waals surface area contributed by atoms with E-state index < -0.39 is 0 Å². The van der Waals surface area contributed by atoms with Crippen LogP contribution in [0.25, 0.3) is 0 Å². The Hall–Kier alpha value is -1.33. The monoisotopic (exact) mass is 255 g/mol. The predicted molar refractivity (Wildman–Crippen MR) is 65.0 cm³/mol. The maximum absolute atomic E-state index is 5.72. The lowest BCUT2D eigenvalue weighted by Crippen LogP contribution is -2.04. The summed E-state index contributed by atoms with van der Waals surface area (Å²) in [6.45, 7) is 0.549. The summed E-state index contributed by atoms with van der Waals surface area (Å²) < 4.78 is 5.43. The van der Waals surface area contributed by atoms with Gasteiger partial charge in [0.2, 0.25) is 11.8 Å². The van der Waals surface area contributed by atoms with Crippen LogP contribution in [0.1, 0.15) is 4.88 Å². The van der Waals surface area contributed by atoms with Gasteiger partial charge >= 0.3 is 0 Å². The van der Waals surface area contributed by atoms with Crippen LogP contribution >= 0.6 is 22.9 Å². The highest BCUT2D eigenvalue weighted by Crippen LogP contribution is 2.15. The Morgan fingerprint density at radius 2 is 2.31 bits per heavy atom. The van der Waals surface area contributed by atoms with Gasteiger partial charge in [-0.05, 0) is 11.4 Å². The summed E-state index contributed by atoms with van der Waals surface area (Å²) in [6.07, 6.45) is 0.846. The molecule has 2 aromatic rings. The molecule has 6 heteroatoms. The third-order valence-corrected chi connectivity index (χ3v) is 3.00. The third-order valence-electron chi connectivity index (χ3n) is 1.87. The van der Waals surface area contributed by atoms with E-state index in [0.29, 0.717) is 17.6 Å². The van der Waals surface area contributed by atoms with Gasteiger partial charge < -0.3 is 10.5 Å². The number of aromatic nitrogens is 2. The van der Waals surface area contributed by atoms with Crippen molar-refractivity contribution in [2.24, 2.45) is 0 Å². The van der Waals surface area contributed by atoms with Gasteiger partial charge in [-0.15, -0.1) is 11.3 Å². The number of nitrogens with zero attached hydrogens (tertiary/aromatic N) is 2. The molecule has 0 saturated heterocycles. The Morgan fingerprint density at radius 3 is 3.00 bits per heavy atom. The van der Waals surface area contributed by atoms with Crippen LogP contribution in [0.4, 0.5) is 5.95 Å². The second-order valence-corrected chi connectivity index (χ2v) is 4.48. The molecule has 0 aromatic carbocycles. The Balaban J connectivity index is 1.89. The van der Waals surface area contributed by atoms with Crippen molar-refractivity contribution in [3.8, 4) is 5.88 Å². The molecule has 0 saturated carbocycles. The minimum atomic E-state index is 0.124. The highest BCUT2D eigenvalue weighted by molar-refractivity contribution is 7.09. The Kier molecular flexibility index (Phi) is 3.58. The van der Waals surface area contributed by atoms with Crippen molar-refractivity contribution < 1.29 is 4.74 Å². The predicted octanol–water partition coefficient (Wildman–Crippen LogP) is 2.40. The van der Waals surface area contributed by atoms with Crippen LogP contribution in [-0.2, 0) is 6.42 Å². The van der Waals surface area contributed by atoms with E-state index in [-0.39, 0.29) is 5.95 Å². The van der Waals surface area contributed by atoms with Gasteiger partial charge in [0.15, 0.2) is 0 Å². The molecular formula is C10H10ClN3OS. The van der Waals surface area contributed by atoms with E-state index in [4.69, 9.17) is 22.1 Å². The highest BCUT2D eigenvalue weighted by atomic mass is 35.5. The van der Waals surface area contributed by atoms with Crippen LogP contribution in [0, 0.1) is 0 Å². The zero-order valence-electron chi connectivity index (χ0n) is 8.39. The molecule has 0 unspecified atom stereocenters. The summed E-state index contributed by atoms with van der Waals surface area (Å²) in [6, 6.07) is 5.63. The molecule has 0 aliphatic heterocycles. The fraction of sp³-hybridized carbons (Fsp3) is 0.200. The van der Waals surface area contributed by atoms with Gasteiger partial charge in [-0.1, -0.05) is 17.7 Å². The summed E-state index contributed by atoms with van der Waals surface area (Å²) in [7, 11) is 0. The standard InChI is InChI=1S/C10H10ClN3OS/c11-8-6-9(14-10(12)13-8)15-4-3-7-2-1-5-16-7/h1-2,5-6H,3-4H2,(H2,12,13,14). The van der Waals surface area contributed by atoms with Gasteiger partial charge in [-0.2, -0.15) is 4.98 Å². The summed E-state index contributed by atoms with van der Waals surface area (Å²) in [4.78, 5) is 8.93. The molecular weight excluding hydrogens is 246 g/mol. The average Bonchev–Trinajstić information content (AvgIpc) is 2.69. The number of hydrogen-bond acceptors (Lipinski definition) is 5. The largest absolute Gasteiger partial charge is 0.477 e. The van der Waals surface area contributed by atoms with Gasteiger partial charge in [-0.3, -0.25) is 0 Å². The Labute approximate surface area is 102 Å². The van der Waals surface area contributed by atoms with E-state index >= 15 is 0 Å². The number of rotatable bonds is 4. The first-order valence-corrected chi connectivity index (χ1v) is 5.95. The lowest BCUT2D eigenvalue weighted by molar-refractivity contribution is 0.310. The van der Waals surface area contributed by atoms with E-state index in [0.717, 1.165) is 6.42 Å². The van der Waals surface area contributed by atoms with Crippen LogP contribution < -0.4 is 10.5 Å². The van der Waals surface area contributed by atoms with Crippen LogP contribution in [0.15, 0.2) is 23.6 Å².